The van der Waals surface area contributed by atoms with E-state index in [1.54, 1.807) is 37.4 Å². The highest BCUT2D eigenvalue weighted by molar-refractivity contribution is 6.05. The number of anilines is 1. The van der Waals surface area contributed by atoms with Crippen LogP contribution in [0.3, 0.4) is 0 Å². The molecule has 0 aliphatic carbocycles. The number of methoxy groups -OCH3 is 1. The molecule has 29 heavy (non-hydrogen) atoms. The van der Waals surface area contributed by atoms with Crippen molar-refractivity contribution >= 4 is 22.7 Å². The summed E-state index contributed by atoms with van der Waals surface area (Å²) in [5.74, 6) is 1.72. The molecule has 1 aromatic heterocycles. The molecule has 0 atom stereocenters. The molecule has 0 saturated heterocycles. The second-order valence-electron chi connectivity index (χ2n) is 6.34. The van der Waals surface area contributed by atoms with E-state index >= 15 is 0 Å². The Labute approximate surface area is 168 Å². The maximum Gasteiger partial charge on any atom is 0.255 e. The summed E-state index contributed by atoms with van der Waals surface area (Å²) in [5, 5.41) is 2.88. The van der Waals surface area contributed by atoms with Gasteiger partial charge in [0.25, 0.3) is 5.91 Å². The van der Waals surface area contributed by atoms with E-state index in [-0.39, 0.29) is 5.91 Å². The van der Waals surface area contributed by atoms with Gasteiger partial charge in [-0.3, -0.25) is 4.79 Å². The topological polar surface area (TPSA) is 73.6 Å². The molecule has 6 heteroatoms. The third kappa shape index (κ3) is 4.06. The van der Waals surface area contributed by atoms with E-state index in [1.807, 2.05) is 43.3 Å². The van der Waals surface area contributed by atoms with Crippen molar-refractivity contribution in [2.45, 2.75) is 6.92 Å². The highest BCUT2D eigenvalue weighted by atomic mass is 16.5. The number of oxazole rings is 1. The molecular weight excluding hydrogens is 368 g/mol. The van der Waals surface area contributed by atoms with E-state index in [9.17, 15) is 4.79 Å². The molecule has 0 bridgehead atoms. The number of rotatable bonds is 6. The fourth-order valence-corrected chi connectivity index (χ4v) is 2.96. The van der Waals surface area contributed by atoms with Gasteiger partial charge in [-0.05, 0) is 61.5 Å². The summed E-state index contributed by atoms with van der Waals surface area (Å²) in [4.78, 5) is 17.1. The zero-order chi connectivity index (χ0) is 20.2. The van der Waals surface area contributed by atoms with Gasteiger partial charge in [0.05, 0.1) is 13.7 Å². The minimum absolute atomic E-state index is 0.221. The molecule has 0 fully saturated rings. The number of aromatic nitrogens is 1. The maximum atomic E-state index is 12.6. The number of amides is 1. The molecule has 0 aliphatic rings. The van der Waals surface area contributed by atoms with Gasteiger partial charge in [-0.25, -0.2) is 4.98 Å². The number of benzene rings is 3. The molecular formula is C23H20N2O4. The summed E-state index contributed by atoms with van der Waals surface area (Å²) in [7, 11) is 1.62. The fourth-order valence-electron chi connectivity index (χ4n) is 2.96. The zero-order valence-electron chi connectivity index (χ0n) is 16.1. The van der Waals surface area contributed by atoms with Gasteiger partial charge in [0.15, 0.2) is 5.58 Å². The van der Waals surface area contributed by atoms with Gasteiger partial charge in [0.1, 0.15) is 17.0 Å². The lowest BCUT2D eigenvalue weighted by Gasteiger charge is -2.07. The monoisotopic (exact) mass is 388 g/mol. The lowest BCUT2D eigenvalue weighted by Crippen LogP contribution is -2.11. The Morgan fingerprint density at radius 2 is 1.86 bits per heavy atom. The second-order valence-corrected chi connectivity index (χ2v) is 6.34. The van der Waals surface area contributed by atoms with Crippen LogP contribution in [0.2, 0.25) is 0 Å². The van der Waals surface area contributed by atoms with Gasteiger partial charge in [-0.2, -0.15) is 0 Å². The predicted molar refractivity (Wildman–Crippen MR) is 112 cm³/mol. The smallest absolute Gasteiger partial charge is 0.255 e. The minimum Gasteiger partial charge on any atom is -0.497 e. The summed E-state index contributed by atoms with van der Waals surface area (Å²) < 4.78 is 16.5. The largest absolute Gasteiger partial charge is 0.497 e. The van der Waals surface area contributed by atoms with Crippen LogP contribution >= 0.6 is 0 Å². The van der Waals surface area contributed by atoms with Crippen molar-refractivity contribution in [3.05, 3.63) is 72.3 Å². The van der Waals surface area contributed by atoms with Crippen LogP contribution in [0.4, 0.5) is 5.69 Å². The Balaban J connectivity index is 1.55. The molecule has 4 aromatic rings. The number of nitrogens with zero attached hydrogens (tertiary/aromatic N) is 1. The molecule has 0 radical (unpaired) electrons. The lowest BCUT2D eigenvalue weighted by molar-refractivity contribution is 0.102. The average Bonchev–Trinajstić information content (AvgIpc) is 3.17. The summed E-state index contributed by atoms with van der Waals surface area (Å²) in [6.45, 7) is 2.45. The Bertz CT molecular complexity index is 1150. The molecule has 0 unspecified atom stereocenters. The van der Waals surface area contributed by atoms with Gasteiger partial charge in [0.2, 0.25) is 5.89 Å². The van der Waals surface area contributed by atoms with E-state index in [4.69, 9.17) is 13.9 Å². The summed E-state index contributed by atoms with van der Waals surface area (Å²) in [5.41, 5.74) is 3.30. The number of hydrogen-bond donors (Lipinski definition) is 1. The number of carbonyl (C=O) groups is 1. The van der Waals surface area contributed by atoms with E-state index in [0.29, 0.717) is 40.6 Å². The normalized spacial score (nSPS) is 10.7. The fraction of sp³-hybridized carbons (Fsp3) is 0.130. The molecule has 1 N–H and O–H groups in total. The van der Waals surface area contributed by atoms with Crippen LogP contribution in [-0.2, 0) is 0 Å². The minimum atomic E-state index is -0.221. The molecule has 1 heterocycles. The first kappa shape index (κ1) is 18.6. The van der Waals surface area contributed by atoms with Crippen molar-refractivity contribution in [3.8, 4) is 23.0 Å². The van der Waals surface area contributed by atoms with Crippen molar-refractivity contribution in [2.75, 3.05) is 19.0 Å². The molecule has 6 nitrogen and oxygen atoms in total. The van der Waals surface area contributed by atoms with Gasteiger partial charge < -0.3 is 19.2 Å². The number of fused-ring (bicyclic) bond motifs is 1. The van der Waals surface area contributed by atoms with Gasteiger partial charge in [0, 0.05) is 22.9 Å². The Hall–Kier alpha value is -3.80. The third-order valence-corrected chi connectivity index (χ3v) is 4.39. The second kappa shape index (κ2) is 8.06. The van der Waals surface area contributed by atoms with Gasteiger partial charge in [-0.1, -0.05) is 6.07 Å². The highest BCUT2D eigenvalue weighted by Gasteiger charge is 2.12. The van der Waals surface area contributed by atoms with E-state index in [1.165, 1.54) is 0 Å². The van der Waals surface area contributed by atoms with Crippen LogP contribution in [0, 0.1) is 0 Å². The number of hydrogen-bond acceptors (Lipinski definition) is 5. The van der Waals surface area contributed by atoms with Crippen LogP contribution in [0.15, 0.2) is 71.1 Å². The first-order valence-corrected chi connectivity index (χ1v) is 9.25. The number of ether oxygens (including phenoxy) is 2. The molecule has 0 spiro atoms. The molecule has 0 saturated carbocycles. The quantitative estimate of drug-likeness (QED) is 0.494. The molecule has 0 aliphatic heterocycles. The SMILES string of the molecule is CCOc1cccc(C(=O)Nc2ccc3nc(-c4ccc(OC)cc4)oc3c2)c1. The van der Waals surface area contributed by atoms with Gasteiger partial charge >= 0.3 is 0 Å². The number of nitrogens with one attached hydrogen (secondary N) is 1. The van der Waals surface area contributed by atoms with E-state index < -0.39 is 0 Å². The van der Waals surface area contributed by atoms with E-state index in [2.05, 4.69) is 10.3 Å². The first-order valence-electron chi connectivity index (χ1n) is 9.25. The van der Waals surface area contributed by atoms with E-state index in [0.717, 1.165) is 11.3 Å². The molecule has 146 valence electrons. The van der Waals surface area contributed by atoms with Crippen LogP contribution in [0.1, 0.15) is 17.3 Å². The molecule has 4 rings (SSSR count). The van der Waals surface area contributed by atoms with Crippen molar-refractivity contribution < 1.29 is 18.7 Å². The van der Waals surface area contributed by atoms with Crippen LogP contribution in [0.5, 0.6) is 11.5 Å². The first-order chi connectivity index (χ1) is 14.2. The van der Waals surface area contributed by atoms with Crippen molar-refractivity contribution in [2.24, 2.45) is 0 Å². The van der Waals surface area contributed by atoms with Crippen LogP contribution in [0.25, 0.3) is 22.6 Å². The van der Waals surface area contributed by atoms with Crippen molar-refractivity contribution in [1.29, 1.82) is 0 Å². The standard InChI is InChI=1S/C23H20N2O4/c1-3-28-19-6-4-5-16(13-19)22(26)24-17-9-12-20-21(14-17)29-23(25-20)15-7-10-18(27-2)11-8-15/h4-14H,3H2,1-2H3,(H,24,26). The van der Waals surface area contributed by atoms with Crippen molar-refractivity contribution in [3.63, 3.8) is 0 Å². The van der Waals surface area contributed by atoms with Gasteiger partial charge in [-0.15, -0.1) is 0 Å². The van der Waals surface area contributed by atoms with Crippen LogP contribution < -0.4 is 14.8 Å². The average molecular weight is 388 g/mol. The third-order valence-electron chi connectivity index (χ3n) is 4.39. The number of carbonyl (C=O) groups excluding carboxylic acids is 1. The Morgan fingerprint density at radius 3 is 2.62 bits per heavy atom. The molecule has 1 amide bonds. The zero-order valence-corrected chi connectivity index (χ0v) is 16.1. The Morgan fingerprint density at radius 1 is 1.03 bits per heavy atom. The maximum absolute atomic E-state index is 12.6. The Kier molecular flexibility index (Phi) is 5.16. The van der Waals surface area contributed by atoms with Crippen LogP contribution in [-0.4, -0.2) is 24.6 Å². The molecule has 3 aromatic carbocycles. The highest BCUT2D eigenvalue weighted by Crippen LogP contribution is 2.27. The summed E-state index contributed by atoms with van der Waals surface area (Å²) >= 11 is 0. The summed E-state index contributed by atoms with van der Waals surface area (Å²) in [6.07, 6.45) is 0. The lowest BCUT2D eigenvalue weighted by atomic mass is 10.2. The van der Waals surface area contributed by atoms with Crippen molar-refractivity contribution in [1.82, 2.24) is 4.98 Å². The predicted octanol–water partition coefficient (Wildman–Crippen LogP) is 5.15. The summed E-state index contributed by atoms with van der Waals surface area (Å²) in [6, 6.07) is 19.9.